The normalized spacial score (nSPS) is 10.8. The van der Waals surface area contributed by atoms with Crippen molar-refractivity contribution in [1.29, 1.82) is 0 Å². The van der Waals surface area contributed by atoms with Gasteiger partial charge in [0, 0.05) is 11.1 Å². The van der Waals surface area contributed by atoms with Crippen molar-refractivity contribution in [1.82, 2.24) is 10.3 Å². The molecule has 3 aromatic carbocycles. The van der Waals surface area contributed by atoms with Gasteiger partial charge in [-0.1, -0.05) is 34.9 Å². The molecular formula is C24H20ClN3O2S. The second kappa shape index (κ2) is 8.49. The first-order chi connectivity index (χ1) is 14.8. The predicted octanol–water partition coefficient (Wildman–Crippen LogP) is 6.20. The smallest absolute Gasteiger partial charge is 0.257 e. The van der Waals surface area contributed by atoms with Gasteiger partial charge in [-0.15, -0.1) is 0 Å². The highest BCUT2D eigenvalue weighted by Gasteiger charge is 2.13. The van der Waals surface area contributed by atoms with Gasteiger partial charge >= 0.3 is 0 Å². The molecule has 0 fully saturated rings. The average Bonchev–Trinajstić information content (AvgIpc) is 3.12. The molecule has 0 aliphatic heterocycles. The van der Waals surface area contributed by atoms with E-state index in [0.717, 1.165) is 27.8 Å². The van der Waals surface area contributed by atoms with Crippen LogP contribution in [0.5, 0.6) is 0 Å². The third-order valence-corrected chi connectivity index (χ3v) is 5.25. The van der Waals surface area contributed by atoms with Crippen molar-refractivity contribution >= 4 is 51.6 Å². The Morgan fingerprint density at radius 3 is 2.45 bits per heavy atom. The molecule has 2 N–H and O–H groups in total. The maximum Gasteiger partial charge on any atom is 0.257 e. The molecule has 156 valence electrons. The van der Waals surface area contributed by atoms with Crippen molar-refractivity contribution in [3.63, 3.8) is 0 Å². The molecule has 7 heteroatoms. The molecule has 0 bridgehead atoms. The molecule has 0 radical (unpaired) electrons. The van der Waals surface area contributed by atoms with Crippen LogP contribution >= 0.6 is 23.8 Å². The Balaban J connectivity index is 1.54. The lowest BCUT2D eigenvalue weighted by Gasteiger charge is -2.12. The number of fused-ring (bicyclic) bond motifs is 1. The Morgan fingerprint density at radius 1 is 0.968 bits per heavy atom. The van der Waals surface area contributed by atoms with Gasteiger partial charge in [0.15, 0.2) is 10.7 Å². The zero-order valence-electron chi connectivity index (χ0n) is 17.2. The number of oxazole rings is 1. The number of rotatable bonds is 3. The van der Waals surface area contributed by atoms with Gasteiger partial charge in [-0.05, 0) is 81.0 Å². The Morgan fingerprint density at radius 2 is 1.71 bits per heavy atom. The number of halogens is 1. The minimum atomic E-state index is -0.286. The molecule has 4 aromatic rings. The minimum Gasteiger partial charge on any atom is -0.436 e. The van der Waals surface area contributed by atoms with Crippen LogP contribution in [0, 0.1) is 20.8 Å². The van der Waals surface area contributed by atoms with Crippen LogP contribution in [0.2, 0.25) is 5.02 Å². The molecule has 1 heterocycles. The average molecular weight is 450 g/mol. The van der Waals surface area contributed by atoms with Crippen molar-refractivity contribution in [3.05, 3.63) is 81.9 Å². The van der Waals surface area contributed by atoms with Crippen molar-refractivity contribution < 1.29 is 9.21 Å². The highest BCUT2D eigenvalue weighted by Crippen LogP contribution is 2.30. The zero-order chi connectivity index (χ0) is 22.1. The first kappa shape index (κ1) is 21.0. The van der Waals surface area contributed by atoms with Crippen molar-refractivity contribution in [2.24, 2.45) is 0 Å². The molecule has 0 saturated heterocycles. The lowest BCUT2D eigenvalue weighted by atomic mass is 10.1. The number of anilines is 1. The zero-order valence-corrected chi connectivity index (χ0v) is 18.8. The van der Waals surface area contributed by atoms with Gasteiger partial charge in [-0.3, -0.25) is 10.1 Å². The molecule has 0 aliphatic carbocycles. The van der Waals surface area contributed by atoms with E-state index in [2.05, 4.69) is 15.6 Å². The van der Waals surface area contributed by atoms with E-state index in [0.29, 0.717) is 27.7 Å². The van der Waals surface area contributed by atoms with Crippen molar-refractivity contribution in [2.75, 3.05) is 5.32 Å². The Labute approximate surface area is 190 Å². The maximum atomic E-state index is 12.6. The van der Waals surface area contributed by atoms with Gasteiger partial charge in [-0.25, -0.2) is 4.98 Å². The minimum absolute atomic E-state index is 0.149. The molecule has 0 saturated carbocycles. The van der Waals surface area contributed by atoms with E-state index in [-0.39, 0.29) is 11.0 Å². The molecule has 31 heavy (non-hydrogen) atoms. The van der Waals surface area contributed by atoms with Crippen LogP contribution in [0.3, 0.4) is 0 Å². The monoisotopic (exact) mass is 449 g/mol. The fraction of sp³-hybridized carbons (Fsp3) is 0.125. The summed E-state index contributed by atoms with van der Waals surface area (Å²) in [6.07, 6.45) is 0. The number of nitrogens with zero attached hydrogens (tertiary/aromatic N) is 1. The number of carbonyl (C=O) groups excluding carboxylic acids is 1. The summed E-state index contributed by atoms with van der Waals surface area (Å²) in [5.41, 5.74) is 6.45. The summed E-state index contributed by atoms with van der Waals surface area (Å²) in [4.78, 5) is 17.1. The van der Waals surface area contributed by atoms with Crippen LogP contribution in [0.15, 0.2) is 59.0 Å². The molecule has 0 atom stereocenters. The van der Waals surface area contributed by atoms with Crippen molar-refractivity contribution in [3.8, 4) is 11.5 Å². The summed E-state index contributed by atoms with van der Waals surface area (Å²) in [6, 6.07) is 16.8. The van der Waals surface area contributed by atoms with E-state index in [4.69, 9.17) is 28.2 Å². The summed E-state index contributed by atoms with van der Waals surface area (Å²) >= 11 is 11.7. The van der Waals surface area contributed by atoms with Gasteiger partial charge < -0.3 is 9.73 Å². The van der Waals surface area contributed by atoms with E-state index < -0.39 is 0 Å². The molecule has 0 spiro atoms. The SMILES string of the molecule is Cc1cc(C)cc(C(=O)NC(=S)Nc2cc(-c3nc4cc(C)ccc4o3)ccc2Cl)c1. The largest absolute Gasteiger partial charge is 0.436 e. The van der Waals surface area contributed by atoms with E-state index in [1.54, 1.807) is 12.1 Å². The molecular weight excluding hydrogens is 430 g/mol. The number of aromatic nitrogens is 1. The Kier molecular flexibility index (Phi) is 5.76. The lowest BCUT2D eigenvalue weighted by molar-refractivity contribution is 0.0977. The first-order valence-electron chi connectivity index (χ1n) is 9.66. The highest BCUT2D eigenvalue weighted by atomic mass is 35.5. The van der Waals surface area contributed by atoms with E-state index in [1.165, 1.54) is 0 Å². The van der Waals surface area contributed by atoms with Gasteiger partial charge in [0.1, 0.15) is 5.52 Å². The van der Waals surface area contributed by atoms with E-state index in [1.807, 2.05) is 63.2 Å². The second-order valence-corrected chi connectivity index (χ2v) is 8.28. The van der Waals surface area contributed by atoms with Gasteiger partial charge in [0.05, 0.1) is 10.7 Å². The molecule has 1 amide bonds. The number of hydrogen-bond acceptors (Lipinski definition) is 4. The Hall–Kier alpha value is -3.22. The summed E-state index contributed by atoms with van der Waals surface area (Å²) in [6.45, 7) is 5.89. The van der Waals surface area contributed by atoms with Gasteiger partial charge in [-0.2, -0.15) is 0 Å². The van der Waals surface area contributed by atoms with E-state index in [9.17, 15) is 4.79 Å². The third-order valence-electron chi connectivity index (χ3n) is 4.72. The predicted molar refractivity (Wildman–Crippen MR) is 129 cm³/mol. The molecule has 4 rings (SSSR count). The fourth-order valence-electron chi connectivity index (χ4n) is 3.35. The standard InChI is InChI=1S/C24H20ClN3O2S/c1-13-4-7-21-20(11-13)26-23(30-21)16-5-6-18(25)19(12-16)27-24(31)28-22(29)17-9-14(2)8-15(3)10-17/h4-12H,1-3H3,(H2,27,28,29,31). The number of nitrogens with one attached hydrogen (secondary N) is 2. The summed E-state index contributed by atoms with van der Waals surface area (Å²) in [5.74, 6) is 0.191. The molecule has 0 unspecified atom stereocenters. The van der Waals surface area contributed by atoms with Crippen LogP contribution in [-0.4, -0.2) is 16.0 Å². The summed E-state index contributed by atoms with van der Waals surface area (Å²) in [7, 11) is 0. The highest BCUT2D eigenvalue weighted by molar-refractivity contribution is 7.80. The molecule has 1 aromatic heterocycles. The third kappa shape index (κ3) is 4.76. The van der Waals surface area contributed by atoms with E-state index >= 15 is 0 Å². The van der Waals surface area contributed by atoms with Gasteiger partial charge in [0.2, 0.25) is 5.89 Å². The molecule has 5 nitrogen and oxygen atoms in total. The number of thiocarbonyl (C=S) groups is 1. The van der Waals surface area contributed by atoms with Gasteiger partial charge in [0.25, 0.3) is 5.91 Å². The summed E-state index contributed by atoms with van der Waals surface area (Å²) < 4.78 is 5.87. The summed E-state index contributed by atoms with van der Waals surface area (Å²) in [5, 5.41) is 6.29. The quantitative estimate of drug-likeness (QED) is 0.364. The number of amides is 1. The maximum absolute atomic E-state index is 12.6. The number of hydrogen-bond donors (Lipinski definition) is 2. The van der Waals surface area contributed by atoms with Crippen LogP contribution in [0.25, 0.3) is 22.6 Å². The number of carbonyl (C=O) groups is 1. The Bertz CT molecular complexity index is 1310. The van der Waals surface area contributed by atoms with Crippen LogP contribution in [0.4, 0.5) is 5.69 Å². The fourth-order valence-corrected chi connectivity index (χ4v) is 3.72. The molecule has 0 aliphatic rings. The number of aryl methyl sites for hydroxylation is 3. The second-order valence-electron chi connectivity index (χ2n) is 7.47. The number of benzene rings is 3. The van der Waals surface area contributed by atoms with Crippen LogP contribution in [-0.2, 0) is 0 Å². The van der Waals surface area contributed by atoms with Crippen LogP contribution < -0.4 is 10.6 Å². The van der Waals surface area contributed by atoms with Crippen molar-refractivity contribution in [2.45, 2.75) is 20.8 Å². The first-order valence-corrected chi connectivity index (χ1v) is 10.4. The lowest BCUT2D eigenvalue weighted by Crippen LogP contribution is -2.34. The van der Waals surface area contributed by atoms with Crippen LogP contribution in [0.1, 0.15) is 27.0 Å². The topological polar surface area (TPSA) is 67.2 Å².